The average Bonchev–Trinajstić information content (AvgIpc) is 3.18. The van der Waals surface area contributed by atoms with Gasteiger partial charge in [0, 0.05) is 31.7 Å². The zero-order chi connectivity index (χ0) is 17.8. The van der Waals surface area contributed by atoms with Crippen molar-refractivity contribution in [1.82, 2.24) is 29.9 Å². The topological polar surface area (TPSA) is 77.6 Å². The Morgan fingerprint density at radius 1 is 1.35 bits per heavy atom. The van der Waals surface area contributed by atoms with Crippen LogP contribution >= 0.6 is 24.2 Å². The van der Waals surface area contributed by atoms with Gasteiger partial charge in [0.25, 0.3) is 5.91 Å². The third kappa shape index (κ3) is 4.23. The van der Waals surface area contributed by atoms with Crippen LogP contribution < -0.4 is 5.32 Å². The van der Waals surface area contributed by atoms with Crippen LogP contribution in [0, 0.1) is 12.7 Å². The number of imidazole rings is 1. The van der Waals surface area contributed by atoms with Crippen LogP contribution in [0.1, 0.15) is 16.2 Å². The lowest BCUT2D eigenvalue weighted by Gasteiger charge is -2.06. The minimum atomic E-state index is -0.422. The molecule has 3 aromatic rings. The standard InChI is InChI=1S/C16H17FN6OS.ClH/c1-11-14(20-21-23(11)13-6-4-3-5-12(13)17)15(24)18-8-10-25-16-19-7-9-22(16)2;/h3-7,9H,8,10H2,1-2H3,(H,18,24);1H. The summed E-state index contributed by atoms with van der Waals surface area (Å²) in [5, 5.41) is 11.5. The van der Waals surface area contributed by atoms with Gasteiger partial charge in [-0.1, -0.05) is 29.1 Å². The first-order valence-corrected chi connectivity index (χ1v) is 8.62. The normalized spacial score (nSPS) is 10.4. The number of halogens is 2. The molecule has 10 heteroatoms. The number of nitrogens with zero attached hydrogens (tertiary/aromatic N) is 5. The Kier molecular flexibility index (Phi) is 6.76. The Bertz CT molecular complexity index is 897. The Morgan fingerprint density at radius 3 is 2.81 bits per heavy atom. The maximum absolute atomic E-state index is 13.9. The summed E-state index contributed by atoms with van der Waals surface area (Å²) < 4.78 is 17.1. The molecule has 1 N–H and O–H groups in total. The SMILES string of the molecule is Cc1c(C(=O)NCCSc2nccn2C)nnn1-c1ccccc1F.Cl. The van der Waals surface area contributed by atoms with E-state index in [2.05, 4.69) is 20.6 Å². The summed E-state index contributed by atoms with van der Waals surface area (Å²) in [7, 11) is 1.91. The average molecular weight is 397 g/mol. The molecule has 26 heavy (non-hydrogen) atoms. The third-order valence-electron chi connectivity index (χ3n) is 3.59. The van der Waals surface area contributed by atoms with E-state index in [1.807, 2.05) is 17.8 Å². The number of carbonyl (C=O) groups is 1. The van der Waals surface area contributed by atoms with Crippen LogP contribution in [0.4, 0.5) is 4.39 Å². The zero-order valence-corrected chi connectivity index (χ0v) is 15.9. The van der Waals surface area contributed by atoms with Gasteiger partial charge in [0.05, 0.1) is 5.69 Å². The molecule has 0 aliphatic carbocycles. The number of aryl methyl sites for hydroxylation is 1. The van der Waals surface area contributed by atoms with Gasteiger partial charge in [0.1, 0.15) is 11.5 Å². The van der Waals surface area contributed by atoms with E-state index in [1.54, 1.807) is 43.1 Å². The van der Waals surface area contributed by atoms with Crippen molar-refractivity contribution in [2.75, 3.05) is 12.3 Å². The molecule has 0 aliphatic rings. The number of nitrogens with one attached hydrogen (secondary N) is 1. The summed E-state index contributed by atoms with van der Waals surface area (Å²) in [6, 6.07) is 6.22. The summed E-state index contributed by atoms with van der Waals surface area (Å²) in [5.41, 5.74) is 0.932. The summed E-state index contributed by atoms with van der Waals surface area (Å²) in [4.78, 5) is 16.5. The number of rotatable bonds is 6. The van der Waals surface area contributed by atoms with Crippen LogP contribution in [0.3, 0.4) is 0 Å². The summed E-state index contributed by atoms with van der Waals surface area (Å²) in [6.45, 7) is 2.15. The van der Waals surface area contributed by atoms with E-state index in [0.717, 1.165) is 5.16 Å². The quantitative estimate of drug-likeness (QED) is 0.511. The molecule has 1 amide bonds. The lowest BCUT2D eigenvalue weighted by atomic mass is 10.2. The molecule has 0 spiro atoms. The van der Waals surface area contributed by atoms with Crippen LogP contribution in [0.2, 0.25) is 0 Å². The van der Waals surface area contributed by atoms with Gasteiger partial charge in [0.2, 0.25) is 0 Å². The van der Waals surface area contributed by atoms with Gasteiger partial charge < -0.3 is 9.88 Å². The maximum Gasteiger partial charge on any atom is 0.273 e. The Labute approximate surface area is 160 Å². The number of thioether (sulfide) groups is 1. The lowest BCUT2D eigenvalue weighted by molar-refractivity contribution is 0.0950. The van der Waals surface area contributed by atoms with Crippen molar-refractivity contribution in [3.63, 3.8) is 0 Å². The number of carbonyl (C=O) groups excluding carboxylic acids is 1. The van der Waals surface area contributed by atoms with E-state index in [9.17, 15) is 9.18 Å². The molecule has 0 unspecified atom stereocenters. The second-order valence-electron chi connectivity index (χ2n) is 5.31. The van der Waals surface area contributed by atoms with Crippen molar-refractivity contribution in [3.05, 3.63) is 53.9 Å². The Morgan fingerprint density at radius 2 is 2.12 bits per heavy atom. The van der Waals surface area contributed by atoms with Crippen LogP contribution in [0.25, 0.3) is 5.69 Å². The molecule has 0 saturated carbocycles. The number of benzene rings is 1. The first-order valence-electron chi connectivity index (χ1n) is 7.63. The van der Waals surface area contributed by atoms with Crippen LogP contribution in [-0.2, 0) is 7.05 Å². The van der Waals surface area contributed by atoms with E-state index < -0.39 is 5.82 Å². The molecule has 2 heterocycles. The Hall–Kier alpha value is -2.39. The molecule has 2 aromatic heterocycles. The first kappa shape index (κ1) is 19.9. The molecular weight excluding hydrogens is 379 g/mol. The monoisotopic (exact) mass is 396 g/mol. The smallest absolute Gasteiger partial charge is 0.273 e. The van der Waals surface area contributed by atoms with E-state index >= 15 is 0 Å². The second-order valence-corrected chi connectivity index (χ2v) is 6.37. The van der Waals surface area contributed by atoms with Gasteiger partial charge >= 0.3 is 0 Å². The van der Waals surface area contributed by atoms with E-state index in [4.69, 9.17) is 0 Å². The zero-order valence-electron chi connectivity index (χ0n) is 14.2. The summed E-state index contributed by atoms with van der Waals surface area (Å²) in [6.07, 6.45) is 3.59. The molecule has 0 atom stereocenters. The van der Waals surface area contributed by atoms with Crippen molar-refractivity contribution < 1.29 is 9.18 Å². The van der Waals surface area contributed by atoms with Gasteiger partial charge in [-0.2, -0.15) is 0 Å². The minimum absolute atomic E-state index is 0. The fourth-order valence-electron chi connectivity index (χ4n) is 2.27. The van der Waals surface area contributed by atoms with Gasteiger partial charge in [-0.15, -0.1) is 17.5 Å². The highest BCUT2D eigenvalue weighted by atomic mass is 35.5. The van der Waals surface area contributed by atoms with Gasteiger partial charge in [-0.05, 0) is 19.1 Å². The van der Waals surface area contributed by atoms with Gasteiger partial charge in [-0.3, -0.25) is 4.79 Å². The predicted octanol–water partition coefficient (Wildman–Crippen LogP) is 2.39. The molecule has 0 aliphatic heterocycles. The minimum Gasteiger partial charge on any atom is -0.350 e. The molecule has 0 fully saturated rings. The Balaban J connectivity index is 0.00000243. The molecule has 0 bridgehead atoms. The van der Waals surface area contributed by atoms with Crippen molar-refractivity contribution >= 4 is 30.1 Å². The highest BCUT2D eigenvalue weighted by Crippen LogP contribution is 2.16. The maximum atomic E-state index is 13.9. The van der Waals surface area contributed by atoms with E-state index in [-0.39, 0.29) is 29.7 Å². The van der Waals surface area contributed by atoms with Gasteiger partial charge in [0.15, 0.2) is 10.9 Å². The largest absolute Gasteiger partial charge is 0.350 e. The second kappa shape index (κ2) is 8.81. The molecule has 7 nitrogen and oxygen atoms in total. The van der Waals surface area contributed by atoms with Crippen molar-refractivity contribution in [3.8, 4) is 5.69 Å². The molecule has 138 valence electrons. The third-order valence-corrected chi connectivity index (χ3v) is 4.65. The number of hydrogen-bond acceptors (Lipinski definition) is 5. The van der Waals surface area contributed by atoms with Crippen LogP contribution in [-0.4, -0.2) is 42.7 Å². The molecular formula is C16H18ClFN6OS. The lowest BCUT2D eigenvalue weighted by Crippen LogP contribution is -2.27. The van der Waals surface area contributed by atoms with Crippen molar-refractivity contribution in [1.29, 1.82) is 0 Å². The van der Waals surface area contributed by atoms with Crippen LogP contribution in [0.15, 0.2) is 41.8 Å². The fourth-order valence-corrected chi connectivity index (χ4v) is 3.06. The van der Waals surface area contributed by atoms with E-state index in [1.165, 1.54) is 10.7 Å². The number of hydrogen-bond donors (Lipinski definition) is 1. The summed E-state index contributed by atoms with van der Waals surface area (Å²) in [5.74, 6) is -0.0775. The predicted molar refractivity (Wildman–Crippen MR) is 99.6 cm³/mol. The number of para-hydroxylation sites is 1. The summed E-state index contributed by atoms with van der Waals surface area (Å²) >= 11 is 1.55. The van der Waals surface area contributed by atoms with Crippen molar-refractivity contribution in [2.45, 2.75) is 12.1 Å². The molecule has 1 aromatic carbocycles. The van der Waals surface area contributed by atoms with Gasteiger partial charge in [-0.25, -0.2) is 14.1 Å². The fraction of sp³-hybridized carbons (Fsp3) is 0.250. The van der Waals surface area contributed by atoms with Crippen LogP contribution in [0.5, 0.6) is 0 Å². The van der Waals surface area contributed by atoms with Crippen molar-refractivity contribution in [2.24, 2.45) is 7.05 Å². The molecule has 3 rings (SSSR count). The highest BCUT2D eigenvalue weighted by molar-refractivity contribution is 7.99. The number of aromatic nitrogens is 5. The first-order chi connectivity index (χ1) is 12.1. The number of amides is 1. The highest BCUT2D eigenvalue weighted by Gasteiger charge is 2.18. The molecule has 0 saturated heterocycles. The van der Waals surface area contributed by atoms with E-state index in [0.29, 0.717) is 18.0 Å². The molecule has 0 radical (unpaired) electrons.